The van der Waals surface area contributed by atoms with Gasteiger partial charge in [0.05, 0.1) is 6.61 Å². The zero-order chi connectivity index (χ0) is 13.0. The van der Waals surface area contributed by atoms with E-state index in [1.54, 1.807) is 6.08 Å². The van der Waals surface area contributed by atoms with Crippen LogP contribution in [0.15, 0.2) is 43.1 Å². The molecule has 4 nitrogen and oxygen atoms in total. The van der Waals surface area contributed by atoms with E-state index >= 15 is 0 Å². The summed E-state index contributed by atoms with van der Waals surface area (Å²) in [4.78, 5) is 11.6. The Morgan fingerprint density at radius 3 is 3.00 bits per heavy atom. The van der Waals surface area contributed by atoms with Gasteiger partial charge in [-0.25, -0.2) is 0 Å². The number of hydrogen-bond acceptors (Lipinski definition) is 2. The molecule has 0 aliphatic heterocycles. The van der Waals surface area contributed by atoms with Crippen molar-refractivity contribution in [3.63, 3.8) is 0 Å². The molecule has 0 saturated heterocycles. The minimum atomic E-state index is -0.0429. The van der Waals surface area contributed by atoms with Crippen LogP contribution in [0.4, 0.5) is 0 Å². The summed E-state index contributed by atoms with van der Waals surface area (Å²) in [5, 5.41) is 12.8. The first-order valence-corrected chi connectivity index (χ1v) is 5.81. The Labute approximate surface area is 106 Å². The zero-order valence-corrected chi connectivity index (χ0v) is 10.1. The van der Waals surface area contributed by atoms with Crippen LogP contribution in [-0.4, -0.2) is 22.1 Å². The van der Waals surface area contributed by atoms with Crippen LogP contribution in [0.5, 0.6) is 0 Å². The predicted octanol–water partition coefficient (Wildman–Crippen LogP) is 1.44. The third-order valence-corrected chi connectivity index (χ3v) is 2.78. The van der Waals surface area contributed by atoms with Crippen LogP contribution in [0.25, 0.3) is 10.9 Å². The third-order valence-electron chi connectivity index (χ3n) is 2.78. The van der Waals surface area contributed by atoms with Gasteiger partial charge in [0.2, 0.25) is 5.91 Å². The Bertz CT molecular complexity index is 572. The van der Waals surface area contributed by atoms with E-state index in [1.165, 1.54) is 0 Å². The van der Waals surface area contributed by atoms with Crippen LogP contribution in [0, 0.1) is 0 Å². The smallest absolute Gasteiger partial charge is 0.240 e. The number of hydrogen-bond donors (Lipinski definition) is 2. The lowest BCUT2D eigenvalue weighted by Crippen LogP contribution is -2.27. The summed E-state index contributed by atoms with van der Waals surface area (Å²) in [6, 6.07) is 7.64. The number of aromatic nitrogens is 1. The Kier molecular flexibility index (Phi) is 3.79. The molecule has 0 saturated carbocycles. The second-order valence-corrected chi connectivity index (χ2v) is 4.09. The Hall–Kier alpha value is -2.07. The van der Waals surface area contributed by atoms with Crippen LogP contribution in [0.3, 0.4) is 0 Å². The number of benzene rings is 1. The molecule has 1 aromatic heterocycles. The van der Waals surface area contributed by atoms with Gasteiger partial charge in [-0.05, 0) is 29.1 Å². The van der Waals surface area contributed by atoms with Crippen molar-refractivity contribution in [1.82, 2.24) is 9.88 Å². The number of fused-ring (bicyclic) bond motifs is 1. The average molecular weight is 244 g/mol. The van der Waals surface area contributed by atoms with Crippen molar-refractivity contribution in [2.45, 2.75) is 13.2 Å². The molecule has 0 fully saturated rings. The van der Waals surface area contributed by atoms with Crippen molar-refractivity contribution in [2.24, 2.45) is 0 Å². The van der Waals surface area contributed by atoms with Gasteiger partial charge in [0.25, 0.3) is 0 Å². The van der Waals surface area contributed by atoms with Crippen LogP contribution in [-0.2, 0) is 17.9 Å². The Morgan fingerprint density at radius 1 is 1.44 bits per heavy atom. The standard InChI is InChI=1S/C14H16N2O2/c1-2-6-15-14(18)9-16-7-5-12-8-11(10-17)3-4-13(12)16/h2-5,7-8,17H,1,6,9-10H2,(H,15,18). The first-order valence-electron chi connectivity index (χ1n) is 5.81. The van der Waals surface area contributed by atoms with Crippen molar-refractivity contribution < 1.29 is 9.90 Å². The van der Waals surface area contributed by atoms with Gasteiger partial charge in [-0.1, -0.05) is 12.1 Å². The normalized spacial score (nSPS) is 10.5. The highest BCUT2D eigenvalue weighted by atomic mass is 16.3. The number of carbonyl (C=O) groups excluding carboxylic acids is 1. The van der Waals surface area contributed by atoms with Crippen LogP contribution in [0.1, 0.15) is 5.56 Å². The maximum atomic E-state index is 11.6. The minimum absolute atomic E-state index is 0.0287. The van der Waals surface area contributed by atoms with Gasteiger partial charge in [0.1, 0.15) is 6.54 Å². The number of carbonyl (C=O) groups is 1. The topological polar surface area (TPSA) is 54.3 Å². The number of nitrogens with one attached hydrogen (secondary N) is 1. The molecule has 0 unspecified atom stereocenters. The molecular formula is C14H16N2O2. The fraction of sp³-hybridized carbons (Fsp3) is 0.214. The number of nitrogens with zero attached hydrogens (tertiary/aromatic N) is 1. The summed E-state index contributed by atoms with van der Waals surface area (Å²) in [7, 11) is 0. The molecule has 1 aromatic carbocycles. The third kappa shape index (κ3) is 2.60. The molecule has 18 heavy (non-hydrogen) atoms. The SMILES string of the molecule is C=CCNC(=O)Cn1ccc2cc(CO)ccc21. The number of aliphatic hydroxyl groups excluding tert-OH is 1. The molecule has 0 spiro atoms. The highest BCUT2D eigenvalue weighted by Gasteiger charge is 2.05. The van der Waals surface area contributed by atoms with E-state index in [0.717, 1.165) is 16.5 Å². The molecule has 2 aromatic rings. The molecular weight excluding hydrogens is 228 g/mol. The van der Waals surface area contributed by atoms with Gasteiger partial charge >= 0.3 is 0 Å². The fourth-order valence-corrected chi connectivity index (χ4v) is 1.88. The van der Waals surface area contributed by atoms with E-state index in [0.29, 0.717) is 6.54 Å². The lowest BCUT2D eigenvalue weighted by atomic mass is 10.2. The molecule has 1 amide bonds. The molecule has 94 valence electrons. The highest BCUT2D eigenvalue weighted by Crippen LogP contribution is 2.17. The number of amides is 1. The van der Waals surface area contributed by atoms with E-state index in [-0.39, 0.29) is 19.1 Å². The van der Waals surface area contributed by atoms with Gasteiger partial charge in [-0.15, -0.1) is 6.58 Å². The van der Waals surface area contributed by atoms with E-state index < -0.39 is 0 Å². The quantitative estimate of drug-likeness (QED) is 0.782. The average Bonchev–Trinajstić information content (AvgIpc) is 2.78. The van der Waals surface area contributed by atoms with Crippen LogP contribution >= 0.6 is 0 Å². The van der Waals surface area contributed by atoms with Crippen molar-refractivity contribution in [1.29, 1.82) is 0 Å². The summed E-state index contributed by atoms with van der Waals surface area (Å²) >= 11 is 0. The number of rotatable bonds is 5. The summed E-state index contributed by atoms with van der Waals surface area (Å²) < 4.78 is 1.88. The van der Waals surface area contributed by atoms with E-state index in [1.807, 2.05) is 35.0 Å². The maximum Gasteiger partial charge on any atom is 0.240 e. The van der Waals surface area contributed by atoms with Gasteiger partial charge in [-0.2, -0.15) is 0 Å². The van der Waals surface area contributed by atoms with Crippen LogP contribution < -0.4 is 5.32 Å². The van der Waals surface area contributed by atoms with Crippen molar-refractivity contribution in [2.75, 3.05) is 6.54 Å². The summed E-state index contributed by atoms with van der Waals surface area (Å²) in [6.07, 6.45) is 3.53. The first-order chi connectivity index (χ1) is 8.74. The summed E-state index contributed by atoms with van der Waals surface area (Å²) in [5.41, 5.74) is 1.86. The van der Waals surface area contributed by atoms with Gasteiger partial charge in [0.15, 0.2) is 0 Å². The van der Waals surface area contributed by atoms with Crippen LogP contribution in [0.2, 0.25) is 0 Å². The molecule has 0 aliphatic rings. The second-order valence-electron chi connectivity index (χ2n) is 4.09. The number of aliphatic hydroxyl groups is 1. The Morgan fingerprint density at radius 2 is 2.28 bits per heavy atom. The molecule has 0 aliphatic carbocycles. The molecule has 4 heteroatoms. The van der Waals surface area contributed by atoms with Gasteiger partial charge < -0.3 is 15.0 Å². The van der Waals surface area contributed by atoms with Crippen molar-refractivity contribution >= 4 is 16.8 Å². The largest absolute Gasteiger partial charge is 0.392 e. The van der Waals surface area contributed by atoms with E-state index in [9.17, 15) is 4.79 Å². The highest BCUT2D eigenvalue weighted by molar-refractivity contribution is 5.83. The van der Waals surface area contributed by atoms with E-state index in [2.05, 4.69) is 11.9 Å². The second kappa shape index (κ2) is 5.51. The zero-order valence-electron chi connectivity index (χ0n) is 10.1. The molecule has 2 N–H and O–H groups in total. The summed E-state index contributed by atoms with van der Waals surface area (Å²) in [6.45, 7) is 4.35. The van der Waals surface area contributed by atoms with Gasteiger partial charge in [-0.3, -0.25) is 4.79 Å². The predicted molar refractivity (Wildman–Crippen MR) is 71.1 cm³/mol. The first kappa shape index (κ1) is 12.4. The molecule has 0 atom stereocenters. The van der Waals surface area contributed by atoms with Gasteiger partial charge in [0, 0.05) is 18.3 Å². The molecule has 0 bridgehead atoms. The molecule has 1 heterocycles. The minimum Gasteiger partial charge on any atom is -0.392 e. The maximum absolute atomic E-state index is 11.6. The summed E-state index contributed by atoms with van der Waals surface area (Å²) in [5.74, 6) is -0.0429. The Balaban J connectivity index is 2.19. The van der Waals surface area contributed by atoms with E-state index in [4.69, 9.17) is 5.11 Å². The lowest BCUT2D eigenvalue weighted by molar-refractivity contribution is -0.121. The van der Waals surface area contributed by atoms with Crippen molar-refractivity contribution in [3.05, 3.63) is 48.7 Å². The fourth-order valence-electron chi connectivity index (χ4n) is 1.88. The lowest BCUT2D eigenvalue weighted by Gasteiger charge is -2.06. The molecule has 2 rings (SSSR count). The van der Waals surface area contributed by atoms with Crippen molar-refractivity contribution in [3.8, 4) is 0 Å². The monoisotopic (exact) mass is 244 g/mol. The molecule has 0 radical (unpaired) electrons.